The molecule has 152 valence electrons. The molecule has 0 radical (unpaired) electrons. The van der Waals surface area contributed by atoms with Crippen LogP contribution in [-0.2, 0) is 5.75 Å². The molecule has 0 fully saturated rings. The maximum Gasteiger partial charge on any atom is 0.277 e. The van der Waals surface area contributed by atoms with E-state index in [0.717, 1.165) is 33.6 Å². The fraction of sp³-hybridized carbons (Fsp3) is 0.150. The van der Waals surface area contributed by atoms with Crippen LogP contribution < -0.4 is 19.5 Å². The normalized spacial score (nSPS) is 12.2. The molecule has 30 heavy (non-hydrogen) atoms. The summed E-state index contributed by atoms with van der Waals surface area (Å²) < 4.78 is 21.7. The van der Waals surface area contributed by atoms with Crippen LogP contribution >= 0.6 is 23.1 Å². The molecule has 0 amide bonds. The maximum absolute atomic E-state index is 5.77. The summed E-state index contributed by atoms with van der Waals surface area (Å²) in [4.78, 5) is 4.60. The van der Waals surface area contributed by atoms with E-state index < -0.39 is 0 Å². The first-order valence-corrected chi connectivity index (χ1v) is 10.9. The Labute approximate surface area is 180 Å². The summed E-state index contributed by atoms with van der Waals surface area (Å²) in [6, 6.07) is 13.2. The van der Waals surface area contributed by atoms with E-state index >= 15 is 0 Å². The summed E-state index contributed by atoms with van der Waals surface area (Å²) in [5.74, 6) is 3.28. The van der Waals surface area contributed by atoms with Gasteiger partial charge in [0.1, 0.15) is 5.75 Å². The van der Waals surface area contributed by atoms with Gasteiger partial charge in [0.25, 0.3) is 5.22 Å². The number of methoxy groups -OCH3 is 1. The van der Waals surface area contributed by atoms with Crippen LogP contribution in [0.15, 0.2) is 57.5 Å². The zero-order valence-electron chi connectivity index (χ0n) is 15.8. The second kappa shape index (κ2) is 8.25. The van der Waals surface area contributed by atoms with Crippen LogP contribution in [0.3, 0.4) is 0 Å². The van der Waals surface area contributed by atoms with Crippen LogP contribution in [0.2, 0.25) is 0 Å². The largest absolute Gasteiger partial charge is 0.497 e. The molecular formula is C20H16N4O4S2. The first-order valence-electron chi connectivity index (χ1n) is 8.98. The lowest BCUT2D eigenvalue weighted by atomic mass is 10.2. The molecule has 0 saturated heterocycles. The van der Waals surface area contributed by atoms with Crippen molar-refractivity contribution in [3.63, 3.8) is 0 Å². The number of ether oxygens (including phenoxy) is 3. The van der Waals surface area contributed by atoms with E-state index in [4.69, 9.17) is 18.6 Å². The molecule has 10 heteroatoms. The Morgan fingerprint density at radius 3 is 2.83 bits per heavy atom. The highest BCUT2D eigenvalue weighted by atomic mass is 32.2. The minimum atomic E-state index is 0.229. The average molecular weight is 441 g/mol. The Kier molecular flexibility index (Phi) is 5.16. The molecule has 0 unspecified atom stereocenters. The van der Waals surface area contributed by atoms with Gasteiger partial charge in [-0.05, 0) is 42.5 Å². The van der Waals surface area contributed by atoms with E-state index in [2.05, 4.69) is 20.5 Å². The molecular weight excluding hydrogens is 424 g/mol. The van der Waals surface area contributed by atoms with Gasteiger partial charge in [0.05, 0.1) is 12.8 Å². The Bertz CT molecular complexity index is 1160. The van der Waals surface area contributed by atoms with Crippen LogP contribution in [0.1, 0.15) is 5.69 Å². The molecule has 8 nitrogen and oxygen atoms in total. The number of nitrogens with one attached hydrogen (secondary N) is 1. The highest BCUT2D eigenvalue weighted by Crippen LogP contribution is 2.36. The van der Waals surface area contributed by atoms with Gasteiger partial charge in [-0.15, -0.1) is 21.5 Å². The number of fused-ring (bicyclic) bond motifs is 1. The van der Waals surface area contributed by atoms with E-state index in [1.165, 1.54) is 11.8 Å². The second-order valence-corrected chi connectivity index (χ2v) is 8.01. The molecule has 2 aromatic carbocycles. The number of hydrogen-bond donors (Lipinski definition) is 1. The van der Waals surface area contributed by atoms with Crippen molar-refractivity contribution in [2.45, 2.75) is 11.0 Å². The van der Waals surface area contributed by atoms with E-state index in [0.29, 0.717) is 22.6 Å². The SMILES string of the molecule is COc1ccc(Nc2nc(CSc3nnc(-c4ccc5c(c4)OCO5)o3)cs2)cc1. The number of hydrogen-bond acceptors (Lipinski definition) is 10. The smallest absolute Gasteiger partial charge is 0.277 e. The Balaban J connectivity index is 1.20. The predicted molar refractivity (Wildman–Crippen MR) is 114 cm³/mol. The summed E-state index contributed by atoms with van der Waals surface area (Å²) in [5.41, 5.74) is 2.68. The minimum Gasteiger partial charge on any atom is -0.497 e. The van der Waals surface area contributed by atoms with E-state index in [-0.39, 0.29) is 6.79 Å². The van der Waals surface area contributed by atoms with Crippen LogP contribution in [0, 0.1) is 0 Å². The van der Waals surface area contributed by atoms with E-state index in [9.17, 15) is 0 Å². The standard InChI is InChI=1S/C20H16N4O4S2/c1-25-15-5-3-13(4-6-15)21-19-22-14(9-29-19)10-30-20-24-23-18(28-20)12-2-7-16-17(8-12)27-11-26-16/h2-9H,10-11H2,1H3,(H,21,22). The van der Waals surface area contributed by atoms with Gasteiger partial charge >= 0.3 is 0 Å². The van der Waals surface area contributed by atoms with Crippen molar-refractivity contribution in [1.29, 1.82) is 0 Å². The highest BCUT2D eigenvalue weighted by Gasteiger charge is 2.17. The lowest BCUT2D eigenvalue weighted by Crippen LogP contribution is -1.92. The Hall–Kier alpha value is -3.24. The summed E-state index contributed by atoms with van der Waals surface area (Å²) in [7, 11) is 1.65. The molecule has 4 aromatic rings. The summed E-state index contributed by atoms with van der Waals surface area (Å²) in [6.45, 7) is 0.229. The summed E-state index contributed by atoms with van der Waals surface area (Å²) in [6.07, 6.45) is 0. The molecule has 0 saturated carbocycles. The topological polar surface area (TPSA) is 91.5 Å². The quantitative estimate of drug-likeness (QED) is 0.400. The van der Waals surface area contributed by atoms with Gasteiger partial charge in [0.2, 0.25) is 12.7 Å². The number of thioether (sulfide) groups is 1. The summed E-state index contributed by atoms with van der Waals surface area (Å²) >= 11 is 2.99. The van der Waals surface area contributed by atoms with Gasteiger partial charge in [0, 0.05) is 22.4 Å². The molecule has 1 aliphatic heterocycles. The monoisotopic (exact) mass is 440 g/mol. The van der Waals surface area contributed by atoms with Crippen molar-refractivity contribution in [2.24, 2.45) is 0 Å². The molecule has 1 N–H and O–H groups in total. The van der Waals surface area contributed by atoms with Gasteiger partial charge < -0.3 is 23.9 Å². The lowest BCUT2D eigenvalue weighted by Gasteiger charge is -2.03. The number of rotatable bonds is 7. The van der Waals surface area contributed by atoms with Crippen molar-refractivity contribution in [1.82, 2.24) is 15.2 Å². The fourth-order valence-electron chi connectivity index (χ4n) is 2.78. The highest BCUT2D eigenvalue weighted by molar-refractivity contribution is 7.98. The molecule has 0 aliphatic carbocycles. The Morgan fingerprint density at radius 1 is 1.10 bits per heavy atom. The lowest BCUT2D eigenvalue weighted by molar-refractivity contribution is 0.174. The predicted octanol–water partition coefficient (Wildman–Crippen LogP) is 4.97. The van der Waals surface area contributed by atoms with Crippen molar-refractivity contribution in [2.75, 3.05) is 19.2 Å². The van der Waals surface area contributed by atoms with Crippen LogP contribution in [0.5, 0.6) is 17.2 Å². The molecule has 0 bridgehead atoms. The van der Waals surface area contributed by atoms with Crippen molar-refractivity contribution in [3.05, 3.63) is 53.5 Å². The zero-order valence-corrected chi connectivity index (χ0v) is 17.5. The van der Waals surface area contributed by atoms with E-state index in [1.807, 2.05) is 47.8 Å². The van der Waals surface area contributed by atoms with Gasteiger partial charge in [0.15, 0.2) is 16.6 Å². The van der Waals surface area contributed by atoms with Gasteiger partial charge in [-0.25, -0.2) is 4.98 Å². The van der Waals surface area contributed by atoms with Gasteiger partial charge in [-0.3, -0.25) is 0 Å². The van der Waals surface area contributed by atoms with Crippen LogP contribution in [-0.4, -0.2) is 29.1 Å². The fourth-order valence-corrected chi connectivity index (χ4v) is 4.27. The third-order valence-corrected chi connectivity index (χ3v) is 5.92. The average Bonchev–Trinajstić information content (AvgIpc) is 3.53. The van der Waals surface area contributed by atoms with Crippen molar-refractivity contribution in [3.8, 4) is 28.7 Å². The first-order chi connectivity index (χ1) is 14.8. The second-order valence-electron chi connectivity index (χ2n) is 6.23. The third kappa shape index (κ3) is 4.05. The zero-order chi connectivity index (χ0) is 20.3. The number of anilines is 2. The first kappa shape index (κ1) is 18.8. The number of aromatic nitrogens is 3. The summed E-state index contributed by atoms with van der Waals surface area (Å²) in [5, 5.41) is 14.8. The molecule has 3 heterocycles. The number of nitrogens with zero attached hydrogens (tertiary/aromatic N) is 3. The third-order valence-electron chi connectivity index (χ3n) is 4.26. The Morgan fingerprint density at radius 2 is 1.97 bits per heavy atom. The van der Waals surface area contributed by atoms with Crippen LogP contribution in [0.25, 0.3) is 11.5 Å². The van der Waals surface area contributed by atoms with Gasteiger partial charge in [-0.2, -0.15) is 0 Å². The molecule has 1 aliphatic rings. The number of thiazole rings is 1. The van der Waals surface area contributed by atoms with Crippen LogP contribution in [0.4, 0.5) is 10.8 Å². The molecule has 0 spiro atoms. The molecule has 5 rings (SSSR count). The molecule has 2 aromatic heterocycles. The maximum atomic E-state index is 5.77. The number of benzene rings is 2. The minimum absolute atomic E-state index is 0.229. The van der Waals surface area contributed by atoms with Gasteiger partial charge in [-0.1, -0.05) is 11.8 Å². The van der Waals surface area contributed by atoms with E-state index in [1.54, 1.807) is 18.4 Å². The van der Waals surface area contributed by atoms with Crippen molar-refractivity contribution < 1.29 is 18.6 Å². The van der Waals surface area contributed by atoms with Crippen molar-refractivity contribution >= 4 is 33.9 Å². The molecule has 0 atom stereocenters.